The highest BCUT2D eigenvalue weighted by molar-refractivity contribution is 14.0. The summed E-state index contributed by atoms with van der Waals surface area (Å²) in [4.78, 5) is 6.79. The molecule has 0 radical (unpaired) electrons. The minimum Gasteiger partial charge on any atom is -0.355 e. The number of hydrogen-bond acceptors (Lipinski definition) is 2. The Balaban J connectivity index is 0.00000288. The monoisotopic (exact) mass is 448 g/mol. The number of nitrogens with zero attached hydrogens (tertiary/aromatic N) is 2. The summed E-state index contributed by atoms with van der Waals surface area (Å²) < 4.78 is 13.7. The molecule has 2 atom stereocenters. The van der Waals surface area contributed by atoms with Crippen molar-refractivity contribution < 1.29 is 4.39 Å². The molecule has 1 aromatic rings. The van der Waals surface area contributed by atoms with Gasteiger partial charge in [0.05, 0.1) is 6.04 Å². The molecule has 1 fully saturated rings. The van der Waals surface area contributed by atoms with Crippen molar-refractivity contribution in [3.05, 3.63) is 35.1 Å². The minimum atomic E-state index is -0.163. The van der Waals surface area contributed by atoms with E-state index in [0.717, 1.165) is 24.6 Å². The summed E-state index contributed by atoms with van der Waals surface area (Å²) in [5.41, 5.74) is 1.59. The second-order valence-electron chi connectivity index (χ2n) is 6.25. The maximum atomic E-state index is 13.7. The van der Waals surface area contributed by atoms with Crippen LogP contribution in [-0.2, 0) is 0 Å². The third-order valence-corrected chi connectivity index (χ3v) is 4.68. The largest absolute Gasteiger partial charge is 0.355 e. The Bertz CT molecular complexity index is 550. The first kappa shape index (κ1) is 21.2. The Morgan fingerprint density at radius 2 is 2.21 bits per heavy atom. The molecule has 136 valence electrons. The van der Waals surface area contributed by atoms with Crippen molar-refractivity contribution in [2.24, 2.45) is 4.99 Å². The third-order valence-electron chi connectivity index (χ3n) is 4.68. The van der Waals surface area contributed by atoms with Gasteiger partial charge in [-0.3, -0.25) is 9.89 Å². The molecule has 24 heavy (non-hydrogen) atoms. The molecule has 0 spiro atoms. The molecule has 1 aliphatic rings. The number of halogens is 2. The van der Waals surface area contributed by atoms with Crippen LogP contribution >= 0.6 is 24.0 Å². The highest BCUT2D eigenvalue weighted by atomic mass is 127. The van der Waals surface area contributed by atoms with Gasteiger partial charge in [-0.1, -0.05) is 19.1 Å². The Morgan fingerprint density at radius 1 is 1.46 bits per heavy atom. The summed E-state index contributed by atoms with van der Waals surface area (Å²) in [6.07, 6.45) is 2.50. The summed E-state index contributed by atoms with van der Waals surface area (Å²) in [6, 6.07) is 5.94. The first-order chi connectivity index (χ1) is 11.0. The van der Waals surface area contributed by atoms with E-state index >= 15 is 0 Å². The van der Waals surface area contributed by atoms with Gasteiger partial charge < -0.3 is 10.6 Å². The van der Waals surface area contributed by atoms with Gasteiger partial charge in [0, 0.05) is 19.6 Å². The molecule has 0 aliphatic carbocycles. The quantitative estimate of drug-likeness (QED) is 0.412. The van der Waals surface area contributed by atoms with Gasteiger partial charge in [-0.2, -0.15) is 0 Å². The number of aryl methyl sites for hydroxylation is 1. The number of hydrogen-bond donors (Lipinski definition) is 2. The lowest BCUT2D eigenvalue weighted by atomic mass is 10.1. The predicted octanol–water partition coefficient (Wildman–Crippen LogP) is 3.46. The van der Waals surface area contributed by atoms with Gasteiger partial charge in [-0.05, 0) is 57.0 Å². The lowest BCUT2D eigenvalue weighted by molar-refractivity contribution is 0.267. The number of aliphatic imine (C=N–C) groups is 1. The minimum absolute atomic E-state index is 0. The van der Waals surface area contributed by atoms with Crippen molar-refractivity contribution in [1.29, 1.82) is 0 Å². The lowest BCUT2D eigenvalue weighted by Gasteiger charge is -2.25. The van der Waals surface area contributed by atoms with Gasteiger partial charge in [0.25, 0.3) is 0 Å². The summed E-state index contributed by atoms with van der Waals surface area (Å²) in [5.74, 6) is 0.602. The summed E-state index contributed by atoms with van der Waals surface area (Å²) in [7, 11) is 1.77. The molecule has 2 N–H and O–H groups in total. The van der Waals surface area contributed by atoms with Crippen LogP contribution in [0.25, 0.3) is 0 Å². The van der Waals surface area contributed by atoms with E-state index in [0.29, 0.717) is 11.6 Å². The van der Waals surface area contributed by atoms with Crippen LogP contribution in [0.5, 0.6) is 0 Å². The van der Waals surface area contributed by atoms with Crippen molar-refractivity contribution in [2.45, 2.75) is 45.7 Å². The average Bonchev–Trinajstić information content (AvgIpc) is 3.01. The molecule has 1 aliphatic heterocycles. The van der Waals surface area contributed by atoms with Crippen LogP contribution < -0.4 is 10.6 Å². The van der Waals surface area contributed by atoms with E-state index < -0.39 is 0 Å². The molecule has 0 bridgehead atoms. The number of benzene rings is 1. The fourth-order valence-electron chi connectivity index (χ4n) is 3.12. The zero-order chi connectivity index (χ0) is 16.8. The van der Waals surface area contributed by atoms with Crippen LogP contribution in [0.3, 0.4) is 0 Å². The van der Waals surface area contributed by atoms with Gasteiger partial charge in [0.15, 0.2) is 5.96 Å². The van der Waals surface area contributed by atoms with E-state index in [2.05, 4.69) is 27.4 Å². The molecular weight excluding hydrogens is 418 g/mol. The molecule has 0 aromatic heterocycles. The van der Waals surface area contributed by atoms with Crippen molar-refractivity contribution in [1.82, 2.24) is 15.5 Å². The van der Waals surface area contributed by atoms with E-state index in [9.17, 15) is 4.39 Å². The van der Waals surface area contributed by atoms with Crippen LogP contribution in [-0.4, -0.2) is 43.6 Å². The van der Waals surface area contributed by atoms with Gasteiger partial charge in [-0.15, -0.1) is 24.0 Å². The second-order valence-corrected chi connectivity index (χ2v) is 6.25. The van der Waals surface area contributed by atoms with Gasteiger partial charge >= 0.3 is 0 Å². The highest BCUT2D eigenvalue weighted by Gasteiger charge is 2.23. The first-order valence-corrected chi connectivity index (χ1v) is 8.52. The Hall–Kier alpha value is -0.890. The predicted molar refractivity (Wildman–Crippen MR) is 110 cm³/mol. The average molecular weight is 448 g/mol. The Labute approximate surface area is 162 Å². The molecule has 0 saturated carbocycles. The normalized spacial score (nSPS) is 19.7. The van der Waals surface area contributed by atoms with Crippen LogP contribution in [0, 0.1) is 12.7 Å². The van der Waals surface area contributed by atoms with Crippen LogP contribution in [0.15, 0.2) is 23.2 Å². The standard InChI is InChI=1S/C18H29FN4.HI/c1-5-23-10-6-7-16(23)12-21-18(20-4)22-14(3)15-9-8-13(2)17(19)11-15;/h8-9,11,14,16H,5-7,10,12H2,1-4H3,(H2,20,21,22);1H. The lowest BCUT2D eigenvalue weighted by Crippen LogP contribution is -2.45. The SMILES string of the molecule is CCN1CCCC1CNC(=NC)NC(C)c1ccc(C)c(F)c1.I. The maximum Gasteiger partial charge on any atom is 0.191 e. The van der Waals surface area contributed by atoms with Crippen molar-refractivity contribution in [2.75, 3.05) is 26.7 Å². The number of rotatable bonds is 5. The van der Waals surface area contributed by atoms with Crippen LogP contribution in [0.4, 0.5) is 4.39 Å². The Kier molecular flexibility index (Phi) is 8.97. The smallest absolute Gasteiger partial charge is 0.191 e. The number of guanidine groups is 1. The van der Waals surface area contributed by atoms with Crippen LogP contribution in [0.1, 0.15) is 43.9 Å². The second kappa shape index (κ2) is 10.2. The summed E-state index contributed by atoms with van der Waals surface area (Å²) in [5, 5.41) is 6.75. The molecule has 0 amide bonds. The maximum absolute atomic E-state index is 13.7. The summed E-state index contributed by atoms with van der Waals surface area (Å²) >= 11 is 0. The molecular formula is C18H30FIN4. The molecule has 1 aromatic carbocycles. The topological polar surface area (TPSA) is 39.7 Å². The van der Waals surface area contributed by atoms with Gasteiger partial charge in [-0.25, -0.2) is 4.39 Å². The highest BCUT2D eigenvalue weighted by Crippen LogP contribution is 2.17. The van der Waals surface area contributed by atoms with Crippen LogP contribution in [0.2, 0.25) is 0 Å². The fraction of sp³-hybridized carbons (Fsp3) is 0.611. The van der Waals surface area contributed by atoms with E-state index in [1.54, 1.807) is 20.0 Å². The molecule has 2 unspecified atom stereocenters. The first-order valence-electron chi connectivity index (χ1n) is 8.52. The number of nitrogens with one attached hydrogen (secondary N) is 2. The molecule has 6 heteroatoms. The zero-order valence-electron chi connectivity index (χ0n) is 15.1. The molecule has 4 nitrogen and oxygen atoms in total. The van der Waals surface area contributed by atoms with E-state index in [1.807, 2.05) is 19.1 Å². The van der Waals surface area contributed by atoms with E-state index in [1.165, 1.54) is 19.4 Å². The van der Waals surface area contributed by atoms with Crippen molar-refractivity contribution >= 4 is 29.9 Å². The van der Waals surface area contributed by atoms with Crippen molar-refractivity contribution in [3.8, 4) is 0 Å². The Morgan fingerprint density at radius 3 is 2.83 bits per heavy atom. The van der Waals surface area contributed by atoms with Gasteiger partial charge in [0.2, 0.25) is 0 Å². The van der Waals surface area contributed by atoms with Crippen molar-refractivity contribution in [3.63, 3.8) is 0 Å². The third kappa shape index (κ3) is 5.58. The van der Waals surface area contributed by atoms with E-state index in [4.69, 9.17) is 0 Å². The molecule has 1 heterocycles. The van der Waals surface area contributed by atoms with Gasteiger partial charge in [0.1, 0.15) is 5.82 Å². The van der Waals surface area contributed by atoms with E-state index in [-0.39, 0.29) is 35.8 Å². The zero-order valence-corrected chi connectivity index (χ0v) is 17.4. The number of likely N-dealkylation sites (N-methyl/N-ethyl adjacent to an activating group) is 1. The summed E-state index contributed by atoms with van der Waals surface area (Å²) in [6.45, 7) is 9.18. The number of likely N-dealkylation sites (tertiary alicyclic amines) is 1. The fourth-order valence-corrected chi connectivity index (χ4v) is 3.12. The molecule has 2 rings (SSSR count). The molecule has 1 saturated heterocycles.